The zero-order chi connectivity index (χ0) is 16.1. The zero-order valence-corrected chi connectivity index (χ0v) is 13.8. The average Bonchev–Trinajstić information content (AvgIpc) is 2.52. The van der Waals surface area contributed by atoms with E-state index in [-0.39, 0.29) is 11.9 Å². The molecule has 0 aliphatic rings. The molecule has 0 spiro atoms. The SMILES string of the molecule is CCC(NC(=O)c1ccccc1Cl)c1ccc(OC)c(C)c1. The van der Waals surface area contributed by atoms with Crippen molar-refractivity contribution in [3.05, 3.63) is 64.2 Å². The van der Waals surface area contributed by atoms with Crippen LogP contribution in [0.15, 0.2) is 42.5 Å². The van der Waals surface area contributed by atoms with E-state index in [1.807, 2.05) is 38.1 Å². The van der Waals surface area contributed by atoms with Crippen LogP contribution in [0.5, 0.6) is 5.75 Å². The number of rotatable bonds is 5. The summed E-state index contributed by atoms with van der Waals surface area (Å²) in [5.41, 5.74) is 2.60. The maximum atomic E-state index is 12.4. The van der Waals surface area contributed by atoms with Gasteiger partial charge in [-0.25, -0.2) is 0 Å². The van der Waals surface area contributed by atoms with E-state index in [1.165, 1.54) is 0 Å². The van der Waals surface area contributed by atoms with E-state index in [0.29, 0.717) is 10.6 Å². The Bertz CT molecular complexity index is 670. The minimum atomic E-state index is -0.161. The van der Waals surface area contributed by atoms with E-state index in [4.69, 9.17) is 16.3 Å². The van der Waals surface area contributed by atoms with Gasteiger partial charge in [0.05, 0.1) is 23.7 Å². The summed E-state index contributed by atoms with van der Waals surface area (Å²) < 4.78 is 5.27. The number of nitrogens with one attached hydrogen (secondary N) is 1. The van der Waals surface area contributed by atoms with Crippen LogP contribution in [-0.2, 0) is 0 Å². The summed E-state index contributed by atoms with van der Waals surface area (Å²) in [6.45, 7) is 4.03. The van der Waals surface area contributed by atoms with Gasteiger partial charge in [-0.2, -0.15) is 0 Å². The number of benzene rings is 2. The van der Waals surface area contributed by atoms with Gasteiger partial charge in [0.2, 0.25) is 0 Å². The monoisotopic (exact) mass is 317 g/mol. The van der Waals surface area contributed by atoms with Crippen LogP contribution in [0.1, 0.15) is 40.9 Å². The number of hydrogen-bond acceptors (Lipinski definition) is 2. The third-order valence-corrected chi connectivity index (χ3v) is 3.98. The predicted molar refractivity (Wildman–Crippen MR) is 89.7 cm³/mol. The van der Waals surface area contributed by atoms with E-state index in [0.717, 1.165) is 23.3 Å². The summed E-state index contributed by atoms with van der Waals surface area (Å²) >= 11 is 6.08. The van der Waals surface area contributed by atoms with Gasteiger partial charge in [-0.15, -0.1) is 0 Å². The molecular formula is C18H20ClNO2. The van der Waals surface area contributed by atoms with Crippen molar-refractivity contribution < 1.29 is 9.53 Å². The molecule has 1 atom stereocenters. The van der Waals surface area contributed by atoms with Crippen LogP contribution < -0.4 is 10.1 Å². The van der Waals surface area contributed by atoms with Gasteiger partial charge in [0.25, 0.3) is 5.91 Å². The number of aryl methyl sites for hydroxylation is 1. The van der Waals surface area contributed by atoms with Gasteiger partial charge >= 0.3 is 0 Å². The highest BCUT2D eigenvalue weighted by molar-refractivity contribution is 6.33. The maximum absolute atomic E-state index is 12.4. The topological polar surface area (TPSA) is 38.3 Å². The highest BCUT2D eigenvalue weighted by Gasteiger charge is 2.16. The third-order valence-electron chi connectivity index (χ3n) is 3.65. The molecular weight excluding hydrogens is 298 g/mol. The molecule has 0 saturated carbocycles. The van der Waals surface area contributed by atoms with Gasteiger partial charge < -0.3 is 10.1 Å². The largest absolute Gasteiger partial charge is 0.496 e. The summed E-state index contributed by atoms with van der Waals surface area (Å²) in [7, 11) is 1.65. The van der Waals surface area contributed by atoms with Crippen molar-refractivity contribution in [3.63, 3.8) is 0 Å². The van der Waals surface area contributed by atoms with Gasteiger partial charge in [-0.3, -0.25) is 4.79 Å². The molecule has 2 aromatic rings. The first-order chi connectivity index (χ1) is 10.6. The van der Waals surface area contributed by atoms with Crippen LogP contribution in [0.25, 0.3) is 0 Å². The average molecular weight is 318 g/mol. The maximum Gasteiger partial charge on any atom is 0.253 e. The Kier molecular flexibility index (Phi) is 5.45. The first-order valence-electron chi connectivity index (χ1n) is 7.26. The molecule has 2 rings (SSSR count). The van der Waals surface area contributed by atoms with Crippen LogP contribution in [0.2, 0.25) is 5.02 Å². The number of ether oxygens (including phenoxy) is 1. The van der Waals surface area contributed by atoms with Crippen molar-refractivity contribution in [1.82, 2.24) is 5.32 Å². The summed E-state index contributed by atoms with van der Waals surface area (Å²) in [5, 5.41) is 3.50. The third kappa shape index (κ3) is 3.60. The van der Waals surface area contributed by atoms with E-state index in [2.05, 4.69) is 5.32 Å². The molecule has 2 aromatic carbocycles. The predicted octanol–water partition coefficient (Wildman–Crippen LogP) is 4.54. The van der Waals surface area contributed by atoms with Crippen molar-refractivity contribution in [2.45, 2.75) is 26.3 Å². The molecule has 0 bridgehead atoms. The molecule has 4 heteroatoms. The molecule has 0 heterocycles. The number of carbonyl (C=O) groups is 1. The quantitative estimate of drug-likeness (QED) is 0.879. The highest BCUT2D eigenvalue weighted by Crippen LogP contribution is 2.25. The first kappa shape index (κ1) is 16.4. The van der Waals surface area contributed by atoms with Gasteiger partial charge in [0.15, 0.2) is 0 Å². The Balaban J connectivity index is 2.21. The first-order valence-corrected chi connectivity index (χ1v) is 7.64. The van der Waals surface area contributed by atoms with Gasteiger partial charge in [-0.1, -0.05) is 42.8 Å². The van der Waals surface area contributed by atoms with Gasteiger partial charge in [-0.05, 0) is 42.7 Å². The lowest BCUT2D eigenvalue weighted by atomic mass is 10.0. The lowest BCUT2D eigenvalue weighted by molar-refractivity contribution is 0.0935. The van der Waals surface area contributed by atoms with E-state index < -0.39 is 0 Å². The molecule has 0 fully saturated rings. The van der Waals surface area contributed by atoms with Crippen molar-refractivity contribution in [3.8, 4) is 5.75 Å². The van der Waals surface area contributed by atoms with Crippen molar-refractivity contribution in [1.29, 1.82) is 0 Å². The summed E-state index contributed by atoms with van der Waals surface area (Å²) in [6.07, 6.45) is 0.794. The van der Waals surface area contributed by atoms with Crippen molar-refractivity contribution in [2.24, 2.45) is 0 Å². The molecule has 1 unspecified atom stereocenters. The second kappa shape index (κ2) is 7.32. The number of carbonyl (C=O) groups excluding carboxylic acids is 1. The van der Waals surface area contributed by atoms with Crippen LogP contribution in [0, 0.1) is 6.92 Å². The molecule has 0 aromatic heterocycles. The fourth-order valence-electron chi connectivity index (χ4n) is 2.42. The van der Waals surface area contributed by atoms with Gasteiger partial charge in [0, 0.05) is 0 Å². The van der Waals surface area contributed by atoms with Crippen molar-refractivity contribution >= 4 is 17.5 Å². The van der Waals surface area contributed by atoms with Crippen LogP contribution in [0.4, 0.5) is 0 Å². The summed E-state index contributed by atoms with van der Waals surface area (Å²) in [4.78, 5) is 12.4. The minimum Gasteiger partial charge on any atom is -0.496 e. The van der Waals surface area contributed by atoms with Crippen LogP contribution in [-0.4, -0.2) is 13.0 Å². The highest BCUT2D eigenvalue weighted by atomic mass is 35.5. The zero-order valence-electron chi connectivity index (χ0n) is 13.0. The molecule has 0 saturated heterocycles. The van der Waals surface area contributed by atoms with Crippen LogP contribution >= 0.6 is 11.6 Å². The van der Waals surface area contributed by atoms with Crippen molar-refractivity contribution in [2.75, 3.05) is 7.11 Å². The number of amides is 1. The van der Waals surface area contributed by atoms with E-state index in [9.17, 15) is 4.79 Å². The lowest BCUT2D eigenvalue weighted by Gasteiger charge is -2.19. The molecule has 0 aliphatic heterocycles. The molecule has 3 nitrogen and oxygen atoms in total. The fourth-order valence-corrected chi connectivity index (χ4v) is 2.64. The Labute approximate surface area is 136 Å². The number of halogens is 1. The molecule has 116 valence electrons. The Morgan fingerprint density at radius 2 is 2.00 bits per heavy atom. The minimum absolute atomic E-state index is 0.0617. The molecule has 22 heavy (non-hydrogen) atoms. The normalized spacial score (nSPS) is 11.8. The molecule has 0 radical (unpaired) electrons. The molecule has 1 N–H and O–H groups in total. The summed E-state index contributed by atoms with van der Waals surface area (Å²) in [6, 6.07) is 12.9. The Morgan fingerprint density at radius 3 is 2.59 bits per heavy atom. The second-order valence-corrected chi connectivity index (χ2v) is 5.55. The smallest absolute Gasteiger partial charge is 0.253 e. The van der Waals surface area contributed by atoms with E-state index >= 15 is 0 Å². The standard InChI is InChI=1S/C18H20ClNO2/c1-4-16(13-9-10-17(22-3)12(2)11-13)20-18(21)14-7-5-6-8-15(14)19/h5-11,16H,4H2,1-3H3,(H,20,21). The lowest BCUT2D eigenvalue weighted by Crippen LogP contribution is -2.28. The fraction of sp³-hybridized carbons (Fsp3) is 0.278. The van der Waals surface area contributed by atoms with Crippen LogP contribution in [0.3, 0.4) is 0 Å². The summed E-state index contributed by atoms with van der Waals surface area (Å²) in [5.74, 6) is 0.682. The second-order valence-electron chi connectivity index (χ2n) is 5.14. The number of methoxy groups -OCH3 is 1. The Hall–Kier alpha value is -2.00. The van der Waals surface area contributed by atoms with Gasteiger partial charge in [0.1, 0.15) is 5.75 Å². The molecule has 1 amide bonds. The van der Waals surface area contributed by atoms with E-state index in [1.54, 1.807) is 25.3 Å². The molecule has 0 aliphatic carbocycles. The number of hydrogen-bond donors (Lipinski definition) is 1. The Morgan fingerprint density at radius 1 is 1.27 bits per heavy atom.